The number of carbonyl (C=O) groups is 1. The number of halogens is 1. The van der Waals surface area contributed by atoms with Crippen LogP contribution in [0.2, 0.25) is 0 Å². The second-order valence-electron chi connectivity index (χ2n) is 4.58. The Bertz CT molecular complexity index is 626. The minimum Gasteiger partial charge on any atom is -0.397 e. The summed E-state index contributed by atoms with van der Waals surface area (Å²) in [5.41, 5.74) is 13.5. The van der Waals surface area contributed by atoms with Crippen LogP contribution in [0, 0.1) is 5.82 Å². The number of hydrogen-bond acceptors (Lipinski definition) is 3. The fraction of sp³-hybridized carbons (Fsp3) is 0.133. The molecule has 0 saturated carbocycles. The van der Waals surface area contributed by atoms with Crippen LogP contribution < -0.4 is 16.8 Å². The molecule has 5 N–H and O–H groups in total. The van der Waals surface area contributed by atoms with Gasteiger partial charge in [-0.25, -0.2) is 4.39 Å². The van der Waals surface area contributed by atoms with Gasteiger partial charge in [-0.05, 0) is 42.8 Å². The van der Waals surface area contributed by atoms with E-state index >= 15 is 0 Å². The number of nitrogens with one attached hydrogen (secondary N) is 1. The minimum atomic E-state index is -0.519. The lowest BCUT2D eigenvalue weighted by molar-refractivity contribution is 0.100. The molecule has 0 saturated heterocycles. The van der Waals surface area contributed by atoms with E-state index in [0.717, 1.165) is 5.56 Å². The zero-order chi connectivity index (χ0) is 14.7. The van der Waals surface area contributed by atoms with Crippen molar-refractivity contribution in [3.8, 4) is 0 Å². The third-order valence-electron chi connectivity index (χ3n) is 3.08. The van der Waals surface area contributed by atoms with Crippen molar-refractivity contribution in [1.82, 2.24) is 0 Å². The van der Waals surface area contributed by atoms with Crippen molar-refractivity contribution in [1.29, 1.82) is 0 Å². The molecule has 5 heteroatoms. The molecular formula is C15H16FN3O. The van der Waals surface area contributed by atoms with Crippen LogP contribution in [-0.2, 0) is 0 Å². The molecule has 1 unspecified atom stereocenters. The molecule has 0 aromatic heterocycles. The van der Waals surface area contributed by atoms with E-state index < -0.39 is 5.91 Å². The molecule has 0 spiro atoms. The van der Waals surface area contributed by atoms with Gasteiger partial charge in [0.25, 0.3) is 0 Å². The SMILES string of the molecule is CC(Nc1ccc(C(N)=O)cc1N)c1ccc(F)cc1. The number of nitrogen functional groups attached to an aromatic ring is 1. The number of rotatable bonds is 4. The molecule has 0 aliphatic carbocycles. The van der Waals surface area contributed by atoms with E-state index in [4.69, 9.17) is 11.5 Å². The smallest absolute Gasteiger partial charge is 0.248 e. The van der Waals surface area contributed by atoms with Crippen LogP contribution in [0.25, 0.3) is 0 Å². The number of amides is 1. The van der Waals surface area contributed by atoms with Crippen LogP contribution in [0.1, 0.15) is 28.9 Å². The molecular weight excluding hydrogens is 257 g/mol. The number of carbonyl (C=O) groups excluding carboxylic acids is 1. The van der Waals surface area contributed by atoms with Gasteiger partial charge in [-0.15, -0.1) is 0 Å². The lowest BCUT2D eigenvalue weighted by Gasteiger charge is -2.17. The Kier molecular flexibility index (Phi) is 3.89. The van der Waals surface area contributed by atoms with Crippen molar-refractivity contribution in [3.63, 3.8) is 0 Å². The lowest BCUT2D eigenvalue weighted by atomic mass is 10.1. The Labute approximate surface area is 116 Å². The summed E-state index contributed by atoms with van der Waals surface area (Å²) in [5, 5.41) is 3.21. The van der Waals surface area contributed by atoms with Gasteiger partial charge in [0.1, 0.15) is 5.82 Å². The second-order valence-corrected chi connectivity index (χ2v) is 4.58. The predicted octanol–water partition coefficient (Wildman–Crippen LogP) is 2.68. The van der Waals surface area contributed by atoms with Crippen LogP contribution in [0.15, 0.2) is 42.5 Å². The van der Waals surface area contributed by atoms with Gasteiger partial charge in [-0.3, -0.25) is 4.79 Å². The highest BCUT2D eigenvalue weighted by atomic mass is 19.1. The summed E-state index contributed by atoms with van der Waals surface area (Å²) in [5.74, 6) is -0.791. The Hall–Kier alpha value is -2.56. The quantitative estimate of drug-likeness (QED) is 0.749. The van der Waals surface area contributed by atoms with Gasteiger partial charge >= 0.3 is 0 Å². The molecule has 0 bridgehead atoms. The third-order valence-corrected chi connectivity index (χ3v) is 3.08. The summed E-state index contributed by atoms with van der Waals surface area (Å²) in [4.78, 5) is 11.1. The Morgan fingerprint density at radius 1 is 1.20 bits per heavy atom. The van der Waals surface area contributed by atoms with Gasteiger partial charge in [-0.1, -0.05) is 12.1 Å². The van der Waals surface area contributed by atoms with Gasteiger partial charge in [0, 0.05) is 11.6 Å². The van der Waals surface area contributed by atoms with E-state index in [1.807, 2.05) is 6.92 Å². The normalized spacial score (nSPS) is 11.9. The van der Waals surface area contributed by atoms with Crippen molar-refractivity contribution in [2.24, 2.45) is 5.73 Å². The largest absolute Gasteiger partial charge is 0.397 e. The molecule has 2 aromatic rings. The lowest BCUT2D eigenvalue weighted by Crippen LogP contribution is -2.13. The summed E-state index contributed by atoms with van der Waals surface area (Å²) in [6.45, 7) is 1.94. The van der Waals surface area contributed by atoms with Crippen LogP contribution in [-0.4, -0.2) is 5.91 Å². The van der Waals surface area contributed by atoms with Gasteiger partial charge in [0.05, 0.1) is 11.4 Å². The summed E-state index contributed by atoms with van der Waals surface area (Å²) in [6, 6.07) is 11.0. The molecule has 0 fully saturated rings. The monoisotopic (exact) mass is 273 g/mol. The standard InChI is InChI=1S/C15H16FN3O/c1-9(10-2-5-12(16)6-3-10)19-14-7-4-11(15(18)20)8-13(14)17/h2-9,19H,17H2,1H3,(H2,18,20). The Morgan fingerprint density at radius 2 is 1.85 bits per heavy atom. The average Bonchev–Trinajstić information content (AvgIpc) is 2.41. The van der Waals surface area contributed by atoms with Gasteiger partial charge in [0.2, 0.25) is 5.91 Å². The van der Waals surface area contributed by atoms with E-state index in [-0.39, 0.29) is 11.9 Å². The number of anilines is 2. The molecule has 4 nitrogen and oxygen atoms in total. The van der Waals surface area contributed by atoms with Crippen LogP contribution in [0.4, 0.5) is 15.8 Å². The molecule has 20 heavy (non-hydrogen) atoms. The first-order valence-electron chi connectivity index (χ1n) is 6.18. The maximum Gasteiger partial charge on any atom is 0.248 e. The average molecular weight is 273 g/mol. The Balaban J connectivity index is 2.17. The highest BCUT2D eigenvalue weighted by molar-refractivity contribution is 5.94. The summed E-state index contributed by atoms with van der Waals surface area (Å²) in [6.07, 6.45) is 0. The summed E-state index contributed by atoms with van der Waals surface area (Å²) in [7, 11) is 0. The zero-order valence-corrected chi connectivity index (χ0v) is 11.1. The van der Waals surface area contributed by atoms with E-state index in [1.165, 1.54) is 18.2 Å². The number of hydrogen-bond donors (Lipinski definition) is 3. The van der Waals surface area contributed by atoms with Crippen LogP contribution in [0.3, 0.4) is 0 Å². The van der Waals surface area contributed by atoms with Crippen molar-refractivity contribution in [3.05, 3.63) is 59.4 Å². The zero-order valence-electron chi connectivity index (χ0n) is 11.1. The number of benzene rings is 2. The van der Waals surface area contributed by atoms with E-state index in [2.05, 4.69) is 5.32 Å². The molecule has 2 aromatic carbocycles. The first-order chi connectivity index (χ1) is 9.47. The Morgan fingerprint density at radius 3 is 2.40 bits per heavy atom. The van der Waals surface area contributed by atoms with Crippen molar-refractivity contribution in [2.75, 3.05) is 11.1 Å². The van der Waals surface area contributed by atoms with Crippen LogP contribution in [0.5, 0.6) is 0 Å². The first-order valence-corrected chi connectivity index (χ1v) is 6.18. The molecule has 0 radical (unpaired) electrons. The maximum absolute atomic E-state index is 12.9. The highest BCUT2D eigenvalue weighted by Crippen LogP contribution is 2.25. The van der Waals surface area contributed by atoms with Crippen molar-refractivity contribution >= 4 is 17.3 Å². The van der Waals surface area contributed by atoms with Crippen molar-refractivity contribution < 1.29 is 9.18 Å². The number of primary amides is 1. The van der Waals surface area contributed by atoms with Gasteiger partial charge in [0.15, 0.2) is 0 Å². The molecule has 1 amide bonds. The molecule has 2 rings (SSSR count). The molecule has 0 aliphatic rings. The fourth-order valence-electron chi connectivity index (χ4n) is 1.92. The van der Waals surface area contributed by atoms with E-state index in [0.29, 0.717) is 16.9 Å². The third kappa shape index (κ3) is 3.06. The highest BCUT2D eigenvalue weighted by Gasteiger charge is 2.09. The summed E-state index contributed by atoms with van der Waals surface area (Å²) >= 11 is 0. The summed E-state index contributed by atoms with van der Waals surface area (Å²) < 4.78 is 12.9. The van der Waals surface area contributed by atoms with Crippen LogP contribution >= 0.6 is 0 Å². The molecule has 0 heterocycles. The van der Waals surface area contributed by atoms with Gasteiger partial charge < -0.3 is 16.8 Å². The fourth-order valence-corrected chi connectivity index (χ4v) is 1.92. The molecule has 0 aliphatic heterocycles. The number of nitrogens with two attached hydrogens (primary N) is 2. The van der Waals surface area contributed by atoms with Gasteiger partial charge in [-0.2, -0.15) is 0 Å². The minimum absolute atomic E-state index is 0.0441. The topological polar surface area (TPSA) is 81.1 Å². The maximum atomic E-state index is 12.9. The van der Waals surface area contributed by atoms with Crippen molar-refractivity contribution in [2.45, 2.75) is 13.0 Å². The first kappa shape index (κ1) is 13.9. The second kappa shape index (κ2) is 5.61. The molecule has 104 valence electrons. The van der Waals surface area contributed by atoms with E-state index in [1.54, 1.807) is 24.3 Å². The van der Waals surface area contributed by atoms with E-state index in [9.17, 15) is 9.18 Å². The molecule has 1 atom stereocenters. The predicted molar refractivity (Wildman–Crippen MR) is 77.8 cm³/mol.